The van der Waals surface area contributed by atoms with Gasteiger partial charge in [0.15, 0.2) is 0 Å². The maximum Gasteiger partial charge on any atom is 0.120 e. The number of nitrogens with zero attached hydrogens (tertiary/aromatic N) is 1. The zero-order chi connectivity index (χ0) is 12.1. The number of ether oxygens (including phenoxy) is 1. The van der Waals surface area contributed by atoms with Crippen molar-refractivity contribution in [1.82, 2.24) is 5.32 Å². The van der Waals surface area contributed by atoms with Gasteiger partial charge >= 0.3 is 0 Å². The molecule has 3 nitrogen and oxygen atoms in total. The van der Waals surface area contributed by atoms with Crippen molar-refractivity contribution in [3.05, 3.63) is 28.8 Å². The first-order chi connectivity index (χ1) is 8.29. The van der Waals surface area contributed by atoms with Crippen LogP contribution in [-0.2, 0) is 0 Å². The van der Waals surface area contributed by atoms with Gasteiger partial charge in [-0.25, -0.2) is 0 Å². The molecule has 1 aliphatic rings. The minimum Gasteiger partial charge on any atom is -0.493 e. The second-order valence-electron chi connectivity index (χ2n) is 4.26. The van der Waals surface area contributed by atoms with Crippen LogP contribution in [0.1, 0.15) is 18.4 Å². The molecular weight excluding hydrogens is 236 g/mol. The molecule has 4 heteroatoms. The fourth-order valence-electron chi connectivity index (χ4n) is 1.94. The van der Waals surface area contributed by atoms with Gasteiger partial charge in [0.2, 0.25) is 0 Å². The molecule has 17 heavy (non-hydrogen) atoms. The highest BCUT2D eigenvalue weighted by Crippen LogP contribution is 2.23. The number of hydrogen-bond acceptors (Lipinski definition) is 3. The Kier molecular flexibility index (Phi) is 4.24. The Labute approximate surface area is 106 Å². The van der Waals surface area contributed by atoms with E-state index in [1.165, 1.54) is 0 Å². The number of nitrogens with one attached hydrogen (secondary N) is 1. The van der Waals surface area contributed by atoms with Gasteiger partial charge in [0, 0.05) is 6.07 Å². The molecule has 1 aromatic rings. The van der Waals surface area contributed by atoms with Gasteiger partial charge in [-0.15, -0.1) is 0 Å². The van der Waals surface area contributed by atoms with Gasteiger partial charge < -0.3 is 10.1 Å². The molecule has 0 saturated carbocycles. The van der Waals surface area contributed by atoms with E-state index < -0.39 is 0 Å². The molecule has 0 spiro atoms. The van der Waals surface area contributed by atoms with E-state index in [0.717, 1.165) is 38.3 Å². The van der Waals surface area contributed by atoms with E-state index in [4.69, 9.17) is 21.6 Å². The number of rotatable bonds is 3. The number of benzene rings is 1. The minimum absolute atomic E-state index is 0.454. The third kappa shape index (κ3) is 3.36. The molecule has 0 aliphatic carbocycles. The Hall–Kier alpha value is -1.24. The average Bonchev–Trinajstić information content (AvgIpc) is 2.38. The summed E-state index contributed by atoms with van der Waals surface area (Å²) in [6.45, 7) is 2.87. The van der Waals surface area contributed by atoms with Gasteiger partial charge in [0.05, 0.1) is 17.2 Å². The SMILES string of the molecule is N#Cc1ccc(OCC2CCNCC2)cc1Cl. The topological polar surface area (TPSA) is 45.0 Å². The van der Waals surface area contributed by atoms with Gasteiger partial charge in [0.1, 0.15) is 11.8 Å². The van der Waals surface area contributed by atoms with Crippen molar-refractivity contribution in [1.29, 1.82) is 5.26 Å². The molecule has 2 rings (SSSR count). The van der Waals surface area contributed by atoms with Crippen LogP contribution >= 0.6 is 11.6 Å². The minimum atomic E-state index is 0.454. The highest BCUT2D eigenvalue weighted by Gasteiger charge is 2.13. The molecule has 0 aromatic heterocycles. The number of nitriles is 1. The monoisotopic (exact) mass is 250 g/mol. The standard InChI is InChI=1S/C13H15ClN2O/c14-13-7-12(2-1-11(13)8-15)17-9-10-3-5-16-6-4-10/h1-2,7,10,16H,3-6,9H2. The summed E-state index contributed by atoms with van der Waals surface area (Å²) in [5, 5.41) is 12.5. The molecule has 0 bridgehead atoms. The van der Waals surface area contributed by atoms with E-state index in [1.807, 2.05) is 6.07 Å². The van der Waals surface area contributed by atoms with Crippen LogP contribution in [0.3, 0.4) is 0 Å². The van der Waals surface area contributed by atoms with Crippen molar-refractivity contribution in [2.45, 2.75) is 12.8 Å². The maximum absolute atomic E-state index is 8.76. The quantitative estimate of drug-likeness (QED) is 0.897. The normalized spacial score (nSPS) is 16.5. The zero-order valence-corrected chi connectivity index (χ0v) is 10.3. The molecule has 0 atom stereocenters. The second kappa shape index (κ2) is 5.90. The number of halogens is 1. The lowest BCUT2D eigenvalue weighted by molar-refractivity contribution is 0.215. The highest BCUT2D eigenvalue weighted by atomic mass is 35.5. The first-order valence-corrected chi connectivity index (χ1v) is 6.20. The van der Waals surface area contributed by atoms with E-state index >= 15 is 0 Å². The zero-order valence-electron chi connectivity index (χ0n) is 9.58. The fourth-order valence-corrected chi connectivity index (χ4v) is 2.15. The van der Waals surface area contributed by atoms with E-state index in [1.54, 1.807) is 18.2 Å². The maximum atomic E-state index is 8.76. The summed E-state index contributed by atoms with van der Waals surface area (Å²) in [5.41, 5.74) is 0.487. The van der Waals surface area contributed by atoms with E-state index in [0.29, 0.717) is 16.5 Å². The Morgan fingerprint density at radius 3 is 2.82 bits per heavy atom. The van der Waals surface area contributed by atoms with Crippen molar-refractivity contribution in [2.24, 2.45) is 5.92 Å². The molecule has 0 radical (unpaired) electrons. The first kappa shape index (κ1) is 12.2. The Balaban J connectivity index is 1.90. The van der Waals surface area contributed by atoms with Gasteiger partial charge in [-0.05, 0) is 44.0 Å². The molecule has 1 N–H and O–H groups in total. The van der Waals surface area contributed by atoms with E-state index in [2.05, 4.69) is 5.32 Å². The summed E-state index contributed by atoms with van der Waals surface area (Å²) in [5.74, 6) is 1.36. The molecule has 1 aliphatic heterocycles. The van der Waals surface area contributed by atoms with Crippen molar-refractivity contribution < 1.29 is 4.74 Å². The molecular formula is C13H15ClN2O. The van der Waals surface area contributed by atoms with Crippen LogP contribution < -0.4 is 10.1 Å². The third-order valence-electron chi connectivity index (χ3n) is 3.01. The van der Waals surface area contributed by atoms with Crippen molar-refractivity contribution in [3.8, 4) is 11.8 Å². The van der Waals surface area contributed by atoms with E-state index in [-0.39, 0.29) is 0 Å². The van der Waals surface area contributed by atoms with Crippen LogP contribution in [0.2, 0.25) is 5.02 Å². The largest absolute Gasteiger partial charge is 0.493 e. The van der Waals surface area contributed by atoms with Crippen LogP contribution in [0.25, 0.3) is 0 Å². The average molecular weight is 251 g/mol. The van der Waals surface area contributed by atoms with Gasteiger partial charge in [-0.2, -0.15) is 5.26 Å². The summed E-state index contributed by atoms with van der Waals surface area (Å²) in [6.07, 6.45) is 2.31. The summed E-state index contributed by atoms with van der Waals surface area (Å²) in [6, 6.07) is 7.23. The lowest BCUT2D eigenvalue weighted by atomic mass is 9.99. The summed E-state index contributed by atoms with van der Waals surface area (Å²) >= 11 is 5.94. The van der Waals surface area contributed by atoms with Crippen molar-refractivity contribution >= 4 is 11.6 Å². The number of piperidine rings is 1. The summed E-state index contributed by atoms with van der Waals surface area (Å²) < 4.78 is 5.70. The molecule has 90 valence electrons. The lowest BCUT2D eigenvalue weighted by Crippen LogP contribution is -2.30. The van der Waals surface area contributed by atoms with Crippen LogP contribution in [0.4, 0.5) is 0 Å². The fraction of sp³-hybridized carbons (Fsp3) is 0.462. The van der Waals surface area contributed by atoms with Gasteiger partial charge in [0.25, 0.3) is 0 Å². The molecule has 0 unspecified atom stereocenters. The third-order valence-corrected chi connectivity index (χ3v) is 3.32. The summed E-state index contributed by atoms with van der Waals surface area (Å²) in [7, 11) is 0. The molecule has 1 saturated heterocycles. The van der Waals surface area contributed by atoms with E-state index in [9.17, 15) is 0 Å². The Morgan fingerprint density at radius 2 is 2.18 bits per heavy atom. The first-order valence-electron chi connectivity index (χ1n) is 5.83. The Morgan fingerprint density at radius 1 is 1.41 bits per heavy atom. The molecule has 0 amide bonds. The van der Waals surface area contributed by atoms with Crippen LogP contribution in [0.5, 0.6) is 5.75 Å². The second-order valence-corrected chi connectivity index (χ2v) is 4.67. The highest BCUT2D eigenvalue weighted by molar-refractivity contribution is 6.31. The van der Waals surface area contributed by atoms with Crippen molar-refractivity contribution in [3.63, 3.8) is 0 Å². The van der Waals surface area contributed by atoms with Crippen LogP contribution in [0.15, 0.2) is 18.2 Å². The molecule has 1 heterocycles. The van der Waals surface area contributed by atoms with Crippen molar-refractivity contribution in [2.75, 3.05) is 19.7 Å². The van der Waals surface area contributed by atoms with Gasteiger partial charge in [-0.3, -0.25) is 0 Å². The predicted octanol–water partition coefficient (Wildman–Crippen LogP) is 2.59. The van der Waals surface area contributed by atoms with Gasteiger partial charge in [-0.1, -0.05) is 11.6 Å². The lowest BCUT2D eigenvalue weighted by Gasteiger charge is -2.22. The molecule has 1 aromatic carbocycles. The smallest absolute Gasteiger partial charge is 0.120 e. The van der Waals surface area contributed by atoms with Crippen LogP contribution in [0, 0.1) is 17.2 Å². The Bertz CT molecular complexity index is 422. The predicted molar refractivity (Wildman–Crippen MR) is 67.3 cm³/mol. The summed E-state index contributed by atoms with van der Waals surface area (Å²) in [4.78, 5) is 0. The number of hydrogen-bond donors (Lipinski definition) is 1. The molecule has 1 fully saturated rings. The van der Waals surface area contributed by atoms with Crippen LogP contribution in [-0.4, -0.2) is 19.7 Å².